The molecular weight excluding hydrogens is 328 g/mol. The SMILES string of the molecule is COc1cccc(CC(N)c2ccc(F)cc2Br)c1F. The van der Waals surface area contributed by atoms with Crippen molar-refractivity contribution in [2.45, 2.75) is 12.5 Å². The lowest BCUT2D eigenvalue weighted by atomic mass is 9.99. The van der Waals surface area contributed by atoms with Gasteiger partial charge in [0, 0.05) is 10.5 Å². The standard InChI is InChI=1S/C15H14BrF2NO/c1-20-14-4-2-3-9(15(14)18)7-13(19)11-6-5-10(17)8-12(11)16/h2-6,8,13H,7,19H2,1H3. The van der Waals surface area contributed by atoms with Gasteiger partial charge in [0.05, 0.1) is 7.11 Å². The monoisotopic (exact) mass is 341 g/mol. The van der Waals surface area contributed by atoms with Crippen LogP contribution in [-0.4, -0.2) is 7.11 Å². The van der Waals surface area contributed by atoms with Gasteiger partial charge in [0.25, 0.3) is 0 Å². The third-order valence-electron chi connectivity index (χ3n) is 3.06. The van der Waals surface area contributed by atoms with E-state index >= 15 is 0 Å². The van der Waals surface area contributed by atoms with Crippen LogP contribution in [0.2, 0.25) is 0 Å². The van der Waals surface area contributed by atoms with E-state index in [2.05, 4.69) is 15.9 Å². The topological polar surface area (TPSA) is 35.2 Å². The van der Waals surface area contributed by atoms with E-state index in [1.54, 1.807) is 24.3 Å². The van der Waals surface area contributed by atoms with Gasteiger partial charge >= 0.3 is 0 Å². The fourth-order valence-electron chi connectivity index (χ4n) is 2.02. The van der Waals surface area contributed by atoms with Gasteiger partial charge < -0.3 is 10.5 Å². The van der Waals surface area contributed by atoms with Crippen LogP contribution in [0.4, 0.5) is 8.78 Å². The van der Waals surface area contributed by atoms with Gasteiger partial charge in [-0.05, 0) is 35.7 Å². The van der Waals surface area contributed by atoms with Gasteiger partial charge in [-0.2, -0.15) is 0 Å². The minimum absolute atomic E-state index is 0.188. The smallest absolute Gasteiger partial charge is 0.168 e. The summed E-state index contributed by atoms with van der Waals surface area (Å²) in [5, 5.41) is 0. The predicted molar refractivity (Wildman–Crippen MR) is 77.7 cm³/mol. The van der Waals surface area contributed by atoms with E-state index in [9.17, 15) is 8.78 Å². The summed E-state index contributed by atoms with van der Waals surface area (Å²) in [6, 6.07) is 8.77. The van der Waals surface area contributed by atoms with Crippen LogP contribution < -0.4 is 10.5 Å². The molecule has 0 aliphatic carbocycles. The van der Waals surface area contributed by atoms with Crippen molar-refractivity contribution in [3.63, 3.8) is 0 Å². The number of hydrogen-bond acceptors (Lipinski definition) is 2. The molecule has 0 heterocycles. The van der Waals surface area contributed by atoms with Crippen LogP contribution in [0.15, 0.2) is 40.9 Å². The molecule has 0 fully saturated rings. The largest absolute Gasteiger partial charge is 0.494 e. The maximum absolute atomic E-state index is 14.1. The van der Waals surface area contributed by atoms with Gasteiger partial charge in [-0.15, -0.1) is 0 Å². The zero-order valence-electron chi connectivity index (χ0n) is 10.9. The lowest BCUT2D eigenvalue weighted by Gasteiger charge is -2.15. The number of methoxy groups -OCH3 is 1. The van der Waals surface area contributed by atoms with Crippen molar-refractivity contribution >= 4 is 15.9 Å². The molecule has 0 saturated carbocycles. The lowest BCUT2D eigenvalue weighted by molar-refractivity contribution is 0.383. The summed E-state index contributed by atoms with van der Waals surface area (Å²) in [6.07, 6.45) is 0.299. The maximum Gasteiger partial charge on any atom is 0.168 e. The van der Waals surface area contributed by atoms with Crippen LogP contribution in [0, 0.1) is 11.6 Å². The minimum atomic E-state index is -0.438. The molecule has 0 spiro atoms. The molecule has 106 valence electrons. The number of halogens is 3. The van der Waals surface area contributed by atoms with E-state index in [-0.39, 0.29) is 11.6 Å². The highest BCUT2D eigenvalue weighted by Crippen LogP contribution is 2.28. The summed E-state index contributed by atoms with van der Waals surface area (Å²) in [4.78, 5) is 0. The van der Waals surface area contributed by atoms with Gasteiger partial charge in [-0.3, -0.25) is 0 Å². The van der Waals surface area contributed by atoms with Crippen LogP contribution in [0.1, 0.15) is 17.2 Å². The molecule has 0 bridgehead atoms. The minimum Gasteiger partial charge on any atom is -0.494 e. The van der Waals surface area contributed by atoms with Crippen LogP contribution in [-0.2, 0) is 6.42 Å². The maximum atomic E-state index is 14.1. The molecule has 2 N–H and O–H groups in total. The van der Waals surface area contributed by atoms with E-state index in [1.165, 1.54) is 19.2 Å². The second-order valence-electron chi connectivity index (χ2n) is 4.41. The number of ether oxygens (including phenoxy) is 1. The Labute approximate surface area is 124 Å². The van der Waals surface area contributed by atoms with E-state index in [1.807, 2.05) is 0 Å². The highest BCUT2D eigenvalue weighted by atomic mass is 79.9. The molecule has 1 atom stereocenters. The normalized spacial score (nSPS) is 12.2. The third kappa shape index (κ3) is 3.16. The highest BCUT2D eigenvalue weighted by molar-refractivity contribution is 9.10. The van der Waals surface area contributed by atoms with Gasteiger partial charge in [0.2, 0.25) is 0 Å². The molecule has 0 aromatic heterocycles. The molecule has 1 unspecified atom stereocenters. The molecule has 5 heteroatoms. The van der Waals surface area contributed by atoms with Crippen molar-refractivity contribution < 1.29 is 13.5 Å². The summed E-state index contributed by atoms with van der Waals surface area (Å²) < 4.78 is 32.6. The van der Waals surface area contributed by atoms with E-state index in [4.69, 9.17) is 10.5 Å². The Bertz CT molecular complexity index is 619. The Balaban J connectivity index is 2.25. The van der Waals surface area contributed by atoms with E-state index in [0.717, 1.165) is 5.56 Å². The second-order valence-corrected chi connectivity index (χ2v) is 5.26. The van der Waals surface area contributed by atoms with Crippen molar-refractivity contribution in [3.8, 4) is 5.75 Å². The lowest BCUT2D eigenvalue weighted by Crippen LogP contribution is -2.15. The number of rotatable bonds is 4. The Morgan fingerprint density at radius 2 is 2.00 bits per heavy atom. The first-order chi connectivity index (χ1) is 9.52. The predicted octanol–water partition coefficient (Wildman–Crippen LogP) is 3.98. The summed E-state index contributed by atoms with van der Waals surface area (Å²) in [7, 11) is 1.42. The second kappa shape index (κ2) is 6.33. The average Bonchev–Trinajstić information content (AvgIpc) is 2.41. The van der Waals surface area contributed by atoms with Gasteiger partial charge in [-0.25, -0.2) is 8.78 Å². The third-order valence-corrected chi connectivity index (χ3v) is 3.75. The molecule has 20 heavy (non-hydrogen) atoms. The molecule has 0 saturated heterocycles. The highest BCUT2D eigenvalue weighted by Gasteiger charge is 2.15. The number of benzene rings is 2. The average molecular weight is 342 g/mol. The molecule has 0 radical (unpaired) electrons. The number of hydrogen-bond donors (Lipinski definition) is 1. The van der Waals surface area contributed by atoms with Crippen LogP contribution in [0.25, 0.3) is 0 Å². The van der Waals surface area contributed by atoms with E-state index < -0.39 is 11.9 Å². The quantitative estimate of drug-likeness (QED) is 0.912. The van der Waals surface area contributed by atoms with Gasteiger partial charge in [0.1, 0.15) is 5.82 Å². The molecule has 2 aromatic carbocycles. The zero-order valence-corrected chi connectivity index (χ0v) is 12.5. The van der Waals surface area contributed by atoms with Crippen molar-refractivity contribution in [1.82, 2.24) is 0 Å². The van der Waals surface area contributed by atoms with Crippen molar-refractivity contribution in [3.05, 3.63) is 63.6 Å². The molecule has 2 rings (SSSR count). The molecular formula is C15H14BrF2NO. The summed E-state index contributed by atoms with van der Waals surface area (Å²) in [5.41, 5.74) is 7.27. The van der Waals surface area contributed by atoms with Crippen LogP contribution >= 0.6 is 15.9 Å². The van der Waals surface area contributed by atoms with E-state index in [0.29, 0.717) is 16.5 Å². The van der Waals surface area contributed by atoms with Crippen molar-refractivity contribution in [2.75, 3.05) is 7.11 Å². The van der Waals surface area contributed by atoms with Crippen molar-refractivity contribution in [1.29, 1.82) is 0 Å². The van der Waals surface area contributed by atoms with Crippen molar-refractivity contribution in [2.24, 2.45) is 5.73 Å². The Morgan fingerprint density at radius 3 is 2.65 bits per heavy atom. The first-order valence-electron chi connectivity index (χ1n) is 6.05. The zero-order chi connectivity index (χ0) is 14.7. The number of nitrogens with two attached hydrogens (primary N) is 1. The molecule has 0 amide bonds. The summed E-state index contributed by atoms with van der Waals surface area (Å²) >= 11 is 3.27. The van der Waals surface area contributed by atoms with Crippen LogP contribution in [0.3, 0.4) is 0 Å². The Kier molecular flexibility index (Phi) is 4.73. The summed E-state index contributed by atoms with van der Waals surface area (Å²) in [5.74, 6) is -0.572. The fourth-order valence-corrected chi connectivity index (χ4v) is 2.67. The fraction of sp³-hybridized carbons (Fsp3) is 0.200. The van der Waals surface area contributed by atoms with Crippen LogP contribution in [0.5, 0.6) is 5.75 Å². The first kappa shape index (κ1) is 14.9. The molecule has 0 aliphatic rings. The summed E-state index contributed by atoms with van der Waals surface area (Å²) in [6.45, 7) is 0. The molecule has 2 nitrogen and oxygen atoms in total. The first-order valence-corrected chi connectivity index (χ1v) is 6.84. The molecule has 2 aromatic rings. The van der Waals surface area contributed by atoms with Gasteiger partial charge in [0.15, 0.2) is 11.6 Å². The van der Waals surface area contributed by atoms with Gasteiger partial charge in [-0.1, -0.05) is 34.1 Å². The molecule has 0 aliphatic heterocycles. The Morgan fingerprint density at radius 1 is 1.25 bits per heavy atom. The Hall–Kier alpha value is -1.46.